The molecule has 228 valence electrons. The Balaban J connectivity index is 2.22. The Morgan fingerprint density at radius 2 is 0.897 bits per heavy atom. The van der Waals surface area contributed by atoms with Crippen LogP contribution in [0.15, 0.2) is 18.2 Å². The number of hydrogen-bond donors (Lipinski definition) is 0. The van der Waals surface area contributed by atoms with Crippen molar-refractivity contribution in [2.45, 2.75) is 181 Å². The van der Waals surface area contributed by atoms with Crippen LogP contribution in [0, 0.1) is 0 Å². The first-order valence-corrected chi connectivity index (χ1v) is 20.4. The molecule has 0 bridgehead atoms. The molecule has 0 spiro atoms. The maximum atomic E-state index is 12.1. The second kappa shape index (κ2) is 25.8. The van der Waals surface area contributed by atoms with Gasteiger partial charge in [0, 0.05) is 0 Å². The monoisotopic (exact) mass is 596 g/mol. The first kappa shape index (κ1) is 37.1. The molecule has 0 aromatic heterocycles. The van der Waals surface area contributed by atoms with Crippen molar-refractivity contribution in [3.63, 3.8) is 0 Å². The zero-order valence-electron chi connectivity index (χ0n) is 25.7. The molecule has 0 amide bonds. The zero-order valence-corrected chi connectivity index (χ0v) is 28.2. The number of unbranched alkanes of at least 4 members (excludes halogenated alkanes) is 22. The lowest BCUT2D eigenvalue weighted by atomic mass is 9.99. The molecule has 1 aromatic rings. The van der Waals surface area contributed by atoms with E-state index in [4.69, 9.17) is 29.0 Å². The van der Waals surface area contributed by atoms with Crippen LogP contribution in [0.3, 0.4) is 0 Å². The topological polar surface area (TPSA) is 32.3 Å². The third kappa shape index (κ3) is 23.4. The average molecular weight is 597 g/mol. The highest BCUT2D eigenvalue weighted by molar-refractivity contribution is 8.69. The molecule has 0 aliphatic carbocycles. The first-order chi connectivity index (χ1) is 19.0. The van der Waals surface area contributed by atoms with E-state index in [2.05, 4.69) is 32.0 Å². The van der Waals surface area contributed by atoms with Crippen molar-refractivity contribution in [2.24, 2.45) is 0 Å². The van der Waals surface area contributed by atoms with E-state index in [-0.39, 0.29) is 0 Å². The molecule has 2 nitrogen and oxygen atoms in total. The minimum absolute atomic E-state index is 0.669. The molecule has 1 aromatic carbocycles. The summed E-state index contributed by atoms with van der Waals surface area (Å²) in [7, 11) is 0. The van der Waals surface area contributed by atoms with Gasteiger partial charge in [0.05, 0.1) is 0 Å². The van der Waals surface area contributed by atoms with E-state index in [9.17, 15) is 4.89 Å². The molecular formula is C34H61O2PS2-2. The Bertz CT molecular complexity index is 678. The Morgan fingerprint density at radius 1 is 0.538 bits per heavy atom. The Hall–Kier alpha value is 0.110. The van der Waals surface area contributed by atoms with E-state index < -0.39 is 6.12 Å². The highest BCUT2D eigenvalue weighted by Gasteiger charge is 2.09. The SMILES string of the molecule is CCCCCCCCCCCCCCc1ccc(CCCCCCCCCCCCCC)c(O[P+]([O-])([S-])[S-])c1. The highest BCUT2D eigenvalue weighted by atomic mass is 33.1. The Kier molecular flexibility index (Phi) is 24.6. The lowest BCUT2D eigenvalue weighted by molar-refractivity contribution is -0.169. The fraction of sp³-hybridized carbons (Fsp3) is 0.824. The largest absolute Gasteiger partial charge is 0.682 e. The summed E-state index contributed by atoms with van der Waals surface area (Å²) in [6, 6.07) is 6.43. The molecule has 0 heterocycles. The van der Waals surface area contributed by atoms with Crippen molar-refractivity contribution in [3.05, 3.63) is 29.3 Å². The van der Waals surface area contributed by atoms with Crippen LogP contribution in [0.1, 0.15) is 179 Å². The summed E-state index contributed by atoms with van der Waals surface area (Å²) >= 11 is 9.89. The van der Waals surface area contributed by atoms with Crippen molar-refractivity contribution >= 4 is 30.6 Å². The highest BCUT2D eigenvalue weighted by Crippen LogP contribution is 2.47. The van der Waals surface area contributed by atoms with Crippen molar-refractivity contribution in [3.8, 4) is 5.75 Å². The minimum Gasteiger partial charge on any atom is -0.682 e. The van der Waals surface area contributed by atoms with E-state index in [0.717, 1.165) is 24.8 Å². The van der Waals surface area contributed by atoms with Crippen molar-refractivity contribution in [1.29, 1.82) is 0 Å². The maximum Gasteiger partial charge on any atom is 0.171 e. The fourth-order valence-electron chi connectivity index (χ4n) is 5.49. The van der Waals surface area contributed by atoms with E-state index in [1.807, 2.05) is 0 Å². The van der Waals surface area contributed by atoms with Gasteiger partial charge in [-0.3, -0.25) is 0 Å². The van der Waals surface area contributed by atoms with Crippen molar-refractivity contribution < 1.29 is 9.42 Å². The van der Waals surface area contributed by atoms with E-state index in [1.165, 1.54) is 153 Å². The first-order valence-electron chi connectivity index (χ1n) is 16.8. The maximum absolute atomic E-state index is 12.1. The molecule has 0 aliphatic heterocycles. The third-order valence-electron chi connectivity index (χ3n) is 7.96. The molecule has 0 N–H and O–H groups in total. The molecule has 0 saturated heterocycles. The quantitative estimate of drug-likeness (QED) is 0.0547. The van der Waals surface area contributed by atoms with Crippen LogP contribution >= 0.6 is 6.12 Å². The second-order valence-electron chi connectivity index (χ2n) is 11.8. The summed E-state index contributed by atoms with van der Waals surface area (Å²) in [5, 5.41) is 0. The van der Waals surface area contributed by atoms with Gasteiger partial charge in [0.15, 0.2) is 5.75 Å². The molecule has 0 aliphatic rings. The molecule has 39 heavy (non-hydrogen) atoms. The zero-order chi connectivity index (χ0) is 28.4. The van der Waals surface area contributed by atoms with Crippen LogP contribution in [0.2, 0.25) is 0 Å². The van der Waals surface area contributed by atoms with Crippen molar-refractivity contribution in [2.75, 3.05) is 0 Å². The van der Waals surface area contributed by atoms with Crippen LogP contribution < -0.4 is 9.42 Å². The molecule has 5 heteroatoms. The second-order valence-corrected chi connectivity index (χ2v) is 16.4. The molecule has 0 fully saturated rings. The van der Waals surface area contributed by atoms with Gasteiger partial charge in [-0.1, -0.05) is 167 Å². The van der Waals surface area contributed by atoms with Gasteiger partial charge in [-0.15, -0.1) is 6.12 Å². The third-order valence-corrected chi connectivity index (χ3v) is 8.83. The lowest BCUT2D eigenvalue weighted by Crippen LogP contribution is -2.10. The Labute approximate surface area is 255 Å². The van der Waals surface area contributed by atoms with Gasteiger partial charge in [0.25, 0.3) is 0 Å². The van der Waals surface area contributed by atoms with Crippen LogP contribution in [0.4, 0.5) is 0 Å². The van der Waals surface area contributed by atoms with Crippen LogP contribution in [-0.4, -0.2) is 0 Å². The number of aryl methyl sites for hydroxylation is 2. The van der Waals surface area contributed by atoms with Crippen LogP contribution in [0.5, 0.6) is 5.75 Å². The summed E-state index contributed by atoms with van der Waals surface area (Å²) in [6.07, 6.45) is 31.0. The number of benzene rings is 1. The minimum atomic E-state index is -3.40. The normalized spacial score (nSPS) is 11.8. The fourth-order valence-corrected chi connectivity index (χ4v) is 6.39. The van der Waals surface area contributed by atoms with E-state index in [0.29, 0.717) is 5.75 Å². The summed E-state index contributed by atoms with van der Waals surface area (Å²) in [5.41, 5.74) is 2.35. The standard InChI is InChI=1S/C34H63O2PS2/c1-3-5-7-9-11-13-15-17-19-21-23-25-27-32-29-30-33(34(31-32)36-37(35,38)39)28-26-24-22-20-18-16-14-12-10-8-6-4-2/h29-31H,3-28H2,1-2H3,(H2,35,38,39)/p-2. The van der Waals surface area contributed by atoms with Gasteiger partial charge >= 0.3 is 0 Å². The van der Waals surface area contributed by atoms with E-state index >= 15 is 0 Å². The molecule has 1 rings (SSSR count). The van der Waals surface area contributed by atoms with Crippen LogP contribution in [0.25, 0.3) is 0 Å². The van der Waals surface area contributed by atoms with Crippen molar-refractivity contribution in [1.82, 2.24) is 0 Å². The van der Waals surface area contributed by atoms with Gasteiger partial charge in [0.2, 0.25) is 0 Å². The molecule has 0 radical (unpaired) electrons. The molecular weight excluding hydrogens is 535 g/mol. The predicted molar refractivity (Wildman–Crippen MR) is 178 cm³/mol. The van der Waals surface area contributed by atoms with Gasteiger partial charge < -0.3 is 33.9 Å². The van der Waals surface area contributed by atoms with Crippen LogP contribution in [-0.2, 0) is 37.3 Å². The smallest absolute Gasteiger partial charge is 0.171 e. The van der Waals surface area contributed by atoms with Gasteiger partial charge in [0.1, 0.15) is 0 Å². The van der Waals surface area contributed by atoms with E-state index in [1.54, 1.807) is 0 Å². The summed E-state index contributed by atoms with van der Waals surface area (Å²) in [6.45, 7) is 4.56. The summed E-state index contributed by atoms with van der Waals surface area (Å²) in [4.78, 5) is 12.1. The average Bonchev–Trinajstić information content (AvgIpc) is 2.90. The molecule has 0 unspecified atom stereocenters. The molecule has 0 atom stereocenters. The number of hydrogen-bond acceptors (Lipinski definition) is 4. The predicted octanol–water partition coefficient (Wildman–Crippen LogP) is 11.7. The number of rotatable bonds is 28. The van der Waals surface area contributed by atoms with Gasteiger partial charge in [-0.05, 0) is 42.9 Å². The summed E-state index contributed by atoms with van der Waals surface area (Å²) < 4.78 is 5.63. The van der Waals surface area contributed by atoms with Gasteiger partial charge in [-0.25, -0.2) is 0 Å². The van der Waals surface area contributed by atoms with Gasteiger partial charge in [-0.2, -0.15) is 0 Å². The Morgan fingerprint density at radius 3 is 1.28 bits per heavy atom. The summed E-state index contributed by atoms with van der Waals surface area (Å²) in [5.74, 6) is 0.669. The molecule has 0 saturated carbocycles. The lowest BCUT2D eigenvalue weighted by Gasteiger charge is -2.42.